The highest BCUT2D eigenvalue weighted by molar-refractivity contribution is 5.77. The normalized spacial score (nSPS) is 14.9. The topological polar surface area (TPSA) is 52.3 Å². The molecule has 1 amide bonds. The van der Waals surface area contributed by atoms with Crippen molar-refractivity contribution in [2.24, 2.45) is 11.7 Å². The molecule has 0 radical (unpaired) electrons. The Morgan fingerprint density at radius 2 is 1.94 bits per heavy atom. The second kappa shape index (κ2) is 5.29. The number of hydrogen-bond donors (Lipinski definition) is 1. The largest absolute Gasteiger partial charge is 0.573 e. The number of hydrogen-bond acceptors (Lipinski definition) is 2. The predicted octanol–water partition coefficient (Wildman–Crippen LogP) is 2.81. The van der Waals surface area contributed by atoms with Crippen LogP contribution >= 0.6 is 0 Å². The third-order valence-electron chi connectivity index (χ3n) is 2.82. The van der Waals surface area contributed by atoms with Gasteiger partial charge in [-0.1, -0.05) is 26.0 Å². The molecule has 0 bridgehead atoms. The van der Waals surface area contributed by atoms with E-state index in [2.05, 4.69) is 4.74 Å². The Labute approximate surface area is 103 Å². The molecule has 100 valence electrons. The van der Waals surface area contributed by atoms with Crippen LogP contribution in [0.25, 0.3) is 0 Å². The van der Waals surface area contributed by atoms with Gasteiger partial charge in [0.15, 0.2) is 0 Å². The van der Waals surface area contributed by atoms with Crippen molar-refractivity contribution in [2.45, 2.75) is 26.1 Å². The first-order chi connectivity index (χ1) is 8.20. The van der Waals surface area contributed by atoms with Crippen molar-refractivity contribution >= 4 is 5.91 Å². The molecule has 1 aromatic rings. The molecule has 0 saturated carbocycles. The Hall–Kier alpha value is -1.72. The molecule has 0 spiro atoms. The molecule has 3 nitrogen and oxygen atoms in total. The summed E-state index contributed by atoms with van der Waals surface area (Å²) in [5, 5.41) is 0. The molecule has 0 aliphatic heterocycles. The van der Waals surface area contributed by atoms with E-state index in [0.29, 0.717) is 5.56 Å². The van der Waals surface area contributed by atoms with Gasteiger partial charge in [0, 0.05) is 5.92 Å². The van der Waals surface area contributed by atoms with Crippen LogP contribution in [0, 0.1) is 5.92 Å². The highest BCUT2D eigenvalue weighted by Crippen LogP contribution is 2.29. The summed E-state index contributed by atoms with van der Waals surface area (Å²) in [6.07, 6.45) is -4.73. The fourth-order valence-electron chi connectivity index (χ4n) is 1.53. The smallest absolute Gasteiger partial charge is 0.406 e. The first-order valence-corrected chi connectivity index (χ1v) is 5.35. The van der Waals surface area contributed by atoms with Gasteiger partial charge in [-0.15, -0.1) is 13.2 Å². The van der Waals surface area contributed by atoms with Gasteiger partial charge in [-0.3, -0.25) is 4.79 Å². The van der Waals surface area contributed by atoms with Crippen LogP contribution in [0.4, 0.5) is 13.2 Å². The van der Waals surface area contributed by atoms with Gasteiger partial charge in [0.05, 0.1) is 0 Å². The van der Waals surface area contributed by atoms with Crippen molar-refractivity contribution in [1.82, 2.24) is 0 Å². The summed E-state index contributed by atoms with van der Waals surface area (Å²) >= 11 is 0. The monoisotopic (exact) mass is 261 g/mol. The molecule has 0 heterocycles. The Kier molecular flexibility index (Phi) is 4.21. The van der Waals surface area contributed by atoms with Crippen LogP contribution in [0.1, 0.15) is 25.3 Å². The molecule has 0 aliphatic rings. The summed E-state index contributed by atoms with van der Waals surface area (Å²) < 4.78 is 40.0. The van der Waals surface area contributed by atoms with E-state index < -0.39 is 18.2 Å². The van der Waals surface area contributed by atoms with Gasteiger partial charge < -0.3 is 10.5 Å². The van der Waals surface area contributed by atoms with Crippen molar-refractivity contribution in [3.8, 4) is 5.75 Å². The van der Waals surface area contributed by atoms with Gasteiger partial charge in [-0.05, 0) is 23.6 Å². The van der Waals surface area contributed by atoms with E-state index in [1.165, 1.54) is 18.2 Å². The van der Waals surface area contributed by atoms with Crippen molar-refractivity contribution < 1.29 is 22.7 Å². The fourth-order valence-corrected chi connectivity index (χ4v) is 1.53. The Bertz CT molecular complexity index is 432. The van der Waals surface area contributed by atoms with Crippen molar-refractivity contribution in [2.75, 3.05) is 0 Å². The van der Waals surface area contributed by atoms with Gasteiger partial charge in [0.1, 0.15) is 5.75 Å². The Morgan fingerprint density at radius 3 is 2.44 bits per heavy atom. The molecule has 1 rings (SSSR count). The minimum Gasteiger partial charge on any atom is -0.406 e. The van der Waals surface area contributed by atoms with Crippen molar-refractivity contribution in [3.63, 3.8) is 0 Å². The number of primary amides is 1. The Balaban J connectivity index is 2.91. The molecular weight excluding hydrogens is 247 g/mol. The summed E-state index contributed by atoms with van der Waals surface area (Å²) in [4.78, 5) is 11.0. The summed E-state index contributed by atoms with van der Waals surface area (Å²) in [5.41, 5.74) is 5.74. The average Bonchev–Trinajstić information content (AvgIpc) is 2.25. The SMILES string of the molecule is CC(C(N)=O)[C@H](C)c1cccc(OC(F)(F)F)c1. The Morgan fingerprint density at radius 1 is 1.33 bits per heavy atom. The number of benzene rings is 1. The van der Waals surface area contributed by atoms with E-state index in [-0.39, 0.29) is 11.7 Å². The quantitative estimate of drug-likeness (QED) is 0.906. The van der Waals surface area contributed by atoms with Crippen molar-refractivity contribution in [1.29, 1.82) is 0 Å². The van der Waals surface area contributed by atoms with E-state index in [1.807, 2.05) is 0 Å². The number of rotatable bonds is 4. The molecule has 1 unspecified atom stereocenters. The van der Waals surface area contributed by atoms with Gasteiger partial charge in [0.25, 0.3) is 0 Å². The number of nitrogens with two attached hydrogens (primary N) is 1. The van der Waals surface area contributed by atoms with E-state index in [9.17, 15) is 18.0 Å². The first kappa shape index (κ1) is 14.3. The maximum Gasteiger partial charge on any atom is 0.573 e. The summed E-state index contributed by atoms with van der Waals surface area (Å²) in [6.45, 7) is 3.35. The van der Waals surface area contributed by atoms with Crippen LogP contribution in [0.3, 0.4) is 0 Å². The number of alkyl halides is 3. The minimum absolute atomic E-state index is 0.278. The third kappa shape index (κ3) is 3.94. The van der Waals surface area contributed by atoms with Crippen LogP contribution in [-0.2, 0) is 4.79 Å². The number of carbonyl (C=O) groups is 1. The molecule has 0 saturated heterocycles. The highest BCUT2D eigenvalue weighted by Gasteiger charge is 2.31. The molecule has 0 aromatic heterocycles. The molecule has 2 N–H and O–H groups in total. The van der Waals surface area contributed by atoms with Gasteiger partial charge in [0.2, 0.25) is 5.91 Å². The number of carbonyl (C=O) groups excluding carboxylic acids is 1. The zero-order valence-electron chi connectivity index (χ0n) is 9.99. The van der Waals surface area contributed by atoms with Crippen LogP contribution < -0.4 is 10.5 Å². The van der Waals surface area contributed by atoms with Crippen LogP contribution in [-0.4, -0.2) is 12.3 Å². The highest BCUT2D eigenvalue weighted by atomic mass is 19.4. The summed E-state index contributed by atoms with van der Waals surface area (Å²) in [5.74, 6) is -1.54. The van der Waals surface area contributed by atoms with Crippen LogP contribution in [0.15, 0.2) is 24.3 Å². The predicted molar refractivity (Wildman–Crippen MR) is 59.9 cm³/mol. The zero-order chi connectivity index (χ0) is 13.9. The van der Waals surface area contributed by atoms with Crippen molar-refractivity contribution in [3.05, 3.63) is 29.8 Å². The lowest BCUT2D eigenvalue weighted by atomic mass is 9.88. The summed E-state index contributed by atoms with van der Waals surface area (Å²) in [7, 11) is 0. The lowest BCUT2D eigenvalue weighted by Crippen LogP contribution is -2.25. The minimum atomic E-state index is -4.73. The molecule has 0 aliphatic carbocycles. The molecule has 6 heteroatoms. The number of amides is 1. The van der Waals surface area contributed by atoms with Crippen LogP contribution in [0.2, 0.25) is 0 Å². The first-order valence-electron chi connectivity index (χ1n) is 5.35. The second-order valence-electron chi connectivity index (χ2n) is 4.10. The molecular formula is C12H14F3NO2. The fraction of sp³-hybridized carbons (Fsp3) is 0.417. The van der Waals surface area contributed by atoms with E-state index in [0.717, 1.165) is 0 Å². The maximum absolute atomic E-state index is 12.1. The van der Waals surface area contributed by atoms with Gasteiger partial charge in [-0.2, -0.15) is 0 Å². The molecule has 1 aromatic carbocycles. The number of ether oxygens (including phenoxy) is 1. The number of halogens is 3. The third-order valence-corrected chi connectivity index (χ3v) is 2.82. The average molecular weight is 261 g/mol. The maximum atomic E-state index is 12.1. The van der Waals surface area contributed by atoms with E-state index in [4.69, 9.17) is 5.73 Å². The van der Waals surface area contributed by atoms with E-state index in [1.54, 1.807) is 19.9 Å². The lowest BCUT2D eigenvalue weighted by Gasteiger charge is -2.18. The van der Waals surface area contributed by atoms with E-state index >= 15 is 0 Å². The molecule has 2 atom stereocenters. The van der Waals surface area contributed by atoms with Gasteiger partial charge >= 0.3 is 6.36 Å². The zero-order valence-corrected chi connectivity index (χ0v) is 9.99. The summed E-state index contributed by atoms with van der Waals surface area (Å²) in [6, 6.07) is 5.55. The molecule has 0 fully saturated rings. The van der Waals surface area contributed by atoms with Gasteiger partial charge in [-0.25, -0.2) is 0 Å². The second-order valence-corrected chi connectivity index (χ2v) is 4.10. The molecule has 18 heavy (non-hydrogen) atoms. The van der Waals surface area contributed by atoms with Crippen LogP contribution in [0.5, 0.6) is 5.75 Å². The standard InChI is InChI=1S/C12H14F3NO2/c1-7(8(2)11(16)17)9-4-3-5-10(6-9)18-12(13,14)15/h3-8H,1-2H3,(H2,16,17)/t7-,8?/m0/s1. The lowest BCUT2D eigenvalue weighted by molar-refractivity contribution is -0.274.